The maximum Gasteiger partial charge on any atom is 0.238 e. The van der Waals surface area contributed by atoms with E-state index in [0.29, 0.717) is 19.1 Å². The highest BCUT2D eigenvalue weighted by Gasteiger charge is 2.30. The molecule has 30 heavy (non-hydrogen) atoms. The Hall–Kier alpha value is -2.44. The van der Waals surface area contributed by atoms with Crippen LogP contribution in [0.25, 0.3) is 0 Å². The van der Waals surface area contributed by atoms with E-state index in [2.05, 4.69) is 29.0 Å². The van der Waals surface area contributed by atoms with Gasteiger partial charge in [-0.1, -0.05) is 12.1 Å². The summed E-state index contributed by atoms with van der Waals surface area (Å²) >= 11 is 0. The molecule has 0 spiro atoms. The summed E-state index contributed by atoms with van der Waals surface area (Å²) < 4.78 is 19.3. The van der Waals surface area contributed by atoms with Gasteiger partial charge >= 0.3 is 0 Å². The van der Waals surface area contributed by atoms with Gasteiger partial charge in [0.1, 0.15) is 5.82 Å². The van der Waals surface area contributed by atoms with Crippen LogP contribution in [0.15, 0.2) is 48.5 Å². The normalized spacial score (nSPS) is 21.7. The first-order valence-corrected chi connectivity index (χ1v) is 10.7. The zero-order valence-corrected chi connectivity index (χ0v) is 17.7. The Labute approximate surface area is 177 Å². The van der Waals surface area contributed by atoms with Crippen LogP contribution in [-0.4, -0.2) is 48.7 Å². The monoisotopic (exact) mass is 411 g/mol. The number of ether oxygens (including phenoxy) is 1. The lowest BCUT2D eigenvalue weighted by Gasteiger charge is -2.36. The summed E-state index contributed by atoms with van der Waals surface area (Å²) in [5.41, 5.74) is 2.83. The standard InChI is InChI=1S/C24H30FN3O2/c1-17-13-27(14-18(2)30-17)22-8-6-21(7-9-22)26-24(29)16-28(23-10-11-23)15-19-4-3-5-20(25)12-19/h3-9,12,17-18,23H,10-11,13-16H2,1-2H3,(H,26,29). The van der Waals surface area contributed by atoms with E-state index in [1.54, 1.807) is 12.1 Å². The number of nitrogens with zero attached hydrogens (tertiary/aromatic N) is 2. The highest BCUT2D eigenvalue weighted by atomic mass is 19.1. The Bertz CT molecular complexity index is 859. The van der Waals surface area contributed by atoms with Crippen LogP contribution in [-0.2, 0) is 16.1 Å². The van der Waals surface area contributed by atoms with Gasteiger partial charge in [-0.15, -0.1) is 0 Å². The number of amides is 1. The average Bonchev–Trinajstić information content (AvgIpc) is 3.53. The molecule has 160 valence electrons. The maximum absolute atomic E-state index is 13.5. The minimum absolute atomic E-state index is 0.0420. The summed E-state index contributed by atoms with van der Waals surface area (Å²) in [6.07, 6.45) is 2.60. The quantitative estimate of drug-likeness (QED) is 0.747. The first-order chi connectivity index (χ1) is 14.5. The van der Waals surface area contributed by atoms with Gasteiger partial charge in [-0.2, -0.15) is 0 Å². The fourth-order valence-corrected chi connectivity index (χ4v) is 4.15. The van der Waals surface area contributed by atoms with Crippen LogP contribution in [0, 0.1) is 5.82 Å². The van der Waals surface area contributed by atoms with Crippen LogP contribution < -0.4 is 10.2 Å². The van der Waals surface area contributed by atoms with Gasteiger partial charge in [0, 0.05) is 37.1 Å². The molecule has 5 nitrogen and oxygen atoms in total. The molecule has 1 heterocycles. The molecule has 2 aromatic rings. The summed E-state index contributed by atoms with van der Waals surface area (Å²) in [7, 11) is 0. The Balaban J connectivity index is 1.33. The second-order valence-corrected chi connectivity index (χ2v) is 8.52. The molecule has 1 aliphatic heterocycles. The van der Waals surface area contributed by atoms with E-state index in [4.69, 9.17) is 4.74 Å². The summed E-state index contributed by atoms with van der Waals surface area (Å²) in [4.78, 5) is 17.1. The van der Waals surface area contributed by atoms with E-state index in [0.717, 1.165) is 42.9 Å². The number of benzene rings is 2. The van der Waals surface area contributed by atoms with Crippen LogP contribution >= 0.6 is 0 Å². The maximum atomic E-state index is 13.5. The second-order valence-electron chi connectivity index (χ2n) is 8.52. The molecule has 1 aliphatic carbocycles. The summed E-state index contributed by atoms with van der Waals surface area (Å²) in [5, 5.41) is 3.00. The molecule has 2 atom stereocenters. The molecule has 1 saturated heterocycles. The summed E-state index contributed by atoms with van der Waals surface area (Å²) in [5.74, 6) is -0.281. The first kappa shape index (κ1) is 20.8. The Morgan fingerprint density at radius 1 is 1.13 bits per heavy atom. The van der Waals surface area contributed by atoms with Gasteiger partial charge in [0.15, 0.2) is 0 Å². The molecular formula is C24H30FN3O2. The van der Waals surface area contributed by atoms with E-state index in [1.807, 2.05) is 30.3 Å². The third kappa shape index (κ3) is 5.58. The third-order valence-electron chi connectivity index (χ3n) is 5.62. The number of hydrogen-bond acceptors (Lipinski definition) is 4. The predicted molar refractivity (Wildman–Crippen MR) is 117 cm³/mol. The van der Waals surface area contributed by atoms with Gasteiger partial charge in [-0.05, 0) is 68.7 Å². The van der Waals surface area contributed by atoms with Gasteiger partial charge < -0.3 is 15.0 Å². The van der Waals surface area contributed by atoms with Crippen LogP contribution in [0.2, 0.25) is 0 Å². The van der Waals surface area contributed by atoms with E-state index < -0.39 is 0 Å². The minimum Gasteiger partial charge on any atom is -0.372 e. The van der Waals surface area contributed by atoms with Gasteiger partial charge in [-0.3, -0.25) is 9.69 Å². The molecule has 6 heteroatoms. The second kappa shape index (κ2) is 9.14. The highest BCUT2D eigenvalue weighted by Crippen LogP contribution is 2.28. The molecular weight excluding hydrogens is 381 g/mol. The van der Waals surface area contributed by atoms with Crippen LogP contribution in [0.3, 0.4) is 0 Å². The summed E-state index contributed by atoms with van der Waals surface area (Å²) in [6, 6.07) is 15.0. The van der Waals surface area contributed by atoms with E-state index >= 15 is 0 Å². The van der Waals surface area contributed by atoms with E-state index in [1.165, 1.54) is 6.07 Å². The van der Waals surface area contributed by atoms with Crippen LogP contribution in [0.5, 0.6) is 0 Å². The number of carbonyl (C=O) groups is 1. The topological polar surface area (TPSA) is 44.8 Å². The van der Waals surface area contributed by atoms with Crippen molar-refractivity contribution in [3.8, 4) is 0 Å². The molecule has 1 saturated carbocycles. The number of morpholine rings is 1. The molecule has 1 amide bonds. The molecule has 2 aromatic carbocycles. The predicted octanol–water partition coefficient (Wildman–Crippen LogP) is 4.04. The number of halogens is 1. The molecule has 0 radical (unpaired) electrons. The van der Waals surface area contributed by atoms with Crippen molar-refractivity contribution >= 4 is 17.3 Å². The van der Waals surface area contributed by atoms with Gasteiger partial charge in [0.25, 0.3) is 0 Å². The molecule has 2 aliphatic rings. The lowest BCUT2D eigenvalue weighted by molar-refractivity contribution is -0.117. The highest BCUT2D eigenvalue weighted by molar-refractivity contribution is 5.92. The van der Waals surface area contributed by atoms with Crippen molar-refractivity contribution in [1.29, 1.82) is 0 Å². The molecule has 0 aromatic heterocycles. The number of anilines is 2. The van der Waals surface area contributed by atoms with Crippen molar-refractivity contribution in [1.82, 2.24) is 4.90 Å². The number of hydrogen-bond donors (Lipinski definition) is 1. The summed E-state index contributed by atoms with van der Waals surface area (Å²) in [6.45, 7) is 6.81. The molecule has 0 bridgehead atoms. The SMILES string of the molecule is CC1CN(c2ccc(NC(=O)CN(Cc3cccc(F)c3)C3CC3)cc2)CC(C)O1. The lowest BCUT2D eigenvalue weighted by atomic mass is 10.2. The van der Waals surface area contributed by atoms with Crippen molar-refractivity contribution in [2.24, 2.45) is 0 Å². The minimum atomic E-state index is -0.239. The smallest absolute Gasteiger partial charge is 0.238 e. The molecule has 1 N–H and O–H groups in total. The Morgan fingerprint density at radius 3 is 2.47 bits per heavy atom. The fourth-order valence-electron chi connectivity index (χ4n) is 4.15. The average molecular weight is 412 g/mol. The van der Waals surface area contributed by atoms with Crippen molar-refractivity contribution in [2.75, 3.05) is 29.9 Å². The van der Waals surface area contributed by atoms with Crippen molar-refractivity contribution < 1.29 is 13.9 Å². The van der Waals surface area contributed by atoms with Crippen LogP contribution in [0.4, 0.5) is 15.8 Å². The largest absolute Gasteiger partial charge is 0.372 e. The fraction of sp³-hybridized carbons (Fsp3) is 0.458. The number of carbonyl (C=O) groups excluding carboxylic acids is 1. The zero-order valence-electron chi connectivity index (χ0n) is 17.7. The Morgan fingerprint density at radius 2 is 1.83 bits per heavy atom. The van der Waals surface area contributed by atoms with Gasteiger partial charge in [0.05, 0.1) is 18.8 Å². The number of nitrogens with one attached hydrogen (secondary N) is 1. The van der Waals surface area contributed by atoms with Crippen molar-refractivity contribution in [3.63, 3.8) is 0 Å². The lowest BCUT2D eigenvalue weighted by Crippen LogP contribution is -2.45. The van der Waals surface area contributed by atoms with E-state index in [9.17, 15) is 9.18 Å². The van der Waals surface area contributed by atoms with Gasteiger partial charge in [0.2, 0.25) is 5.91 Å². The molecule has 4 rings (SSSR count). The molecule has 2 fully saturated rings. The zero-order chi connectivity index (χ0) is 21.1. The van der Waals surface area contributed by atoms with Crippen LogP contribution in [0.1, 0.15) is 32.3 Å². The van der Waals surface area contributed by atoms with E-state index in [-0.39, 0.29) is 23.9 Å². The van der Waals surface area contributed by atoms with Crippen molar-refractivity contribution in [2.45, 2.75) is 51.5 Å². The Kier molecular flexibility index (Phi) is 6.35. The number of rotatable bonds is 7. The first-order valence-electron chi connectivity index (χ1n) is 10.7. The van der Waals surface area contributed by atoms with Crippen molar-refractivity contribution in [3.05, 3.63) is 59.9 Å². The van der Waals surface area contributed by atoms with Gasteiger partial charge in [-0.25, -0.2) is 4.39 Å². The molecule has 2 unspecified atom stereocenters. The third-order valence-corrected chi connectivity index (χ3v) is 5.62.